The number of nitrogen functional groups attached to an aromatic ring is 1. The largest absolute Gasteiger partial charge is 0.397 e. The number of anilines is 3. The van der Waals surface area contributed by atoms with Gasteiger partial charge in [-0.25, -0.2) is 0 Å². The number of rotatable bonds is 2. The summed E-state index contributed by atoms with van der Waals surface area (Å²) in [6, 6.07) is 12.1. The SMILES string of the molecule is Cc1cc(Br)cc(C)c1Nc1ccc(N)c2ncccc12. The van der Waals surface area contributed by atoms with Crippen molar-refractivity contribution in [3.8, 4) is 0 Å². The lowest BCUT2D eigenvalue weighted by Gasteiger charge is -2.15. The van der Waals surface area contributed by atoms with Crippen molar-refractivity contribution in [2.24, 2.45) is 0 Å². The molecule has 3 rings (SSSR count). The molecular weight excluding hydrogens is 326 g/mol. The van der Waals surface area contributed by atoms with Gasteiger partial charge in [-0.2, -0.15) is 0 Å². The minimum atomic E-state index is 0.695. The van der Waals surface area contributed by atoms with Gasteiger partial charge in [-0.3, -0.25) is 4.98 Å². The maximum Gasteiger partial charge on any atom is 0.0951 e. The van der Waals surface area contributed by atoms with Crippen molar-refractivity contribution in [3.05, 3.63) is 58.2 Å². The summed E-state index contributed by atoms with van der Waals surface area (Å²) in [5.74, 6) is 0. The van der Waals surface area contributed by atoms with Gasteiger partial charge in [0.15, 0.2) is 0 Å². The first-order valence-corrected chi connectivity index (χ1v) is 7.52. The Labute approximate surface area is 132 Å². The van der Waals surface area contributed by atoms with E-state index in [4.69, 9.17) is 5.73 Å². The topological polar surface area (TPSA) is 50.9 Å². The highest BCUT2D eigenvalue weighted by molar-refractivity contribution is 9.10. The van der Waals surface area contributed by atoms with Crippen LogP contribution >= 0.6 is 15.9 Å². The summed E-state index contributed by atoms with van der Waals surface area (Å²) < 4.78 is 1.09. The number of aryl methyl sites for hydroxylation is 2. The molecule has 4 heteroatoms. The van der Waals surface area contributed by atoms with Crippen LogP contribution in [0.5, 0.6) is 0 Å². The monoisotopic (exact) mass is 341 g/mol. The zero-order valence-corrected chi connectivity index (χ0v) is 13.5. The van der Waals surface area contributed by atoms with Gasteiger partial charge in [0.25, 0.3) is 0 Å². The van der Waals surface area contributed by atoms with E-state index >= 15 is 0 Å². The first kappa shape index (κ1) is 13.9. The normalized spacial score (nSPS) is 10.8. The fourth-order valence-electron chi connectivity index (χ4n) is 2.55. The Morgan fingerprint density at radius 3 is 2.52 bits per heavy atom. The lowest BCUT2D eigenvalue weighted by Crippen LogP contribution is -1.99. The zero-order chi connectivity index (χ0) is 15.0. The second-order valence-corrected chi connectivity index (χ2v) is 6.06. The summed E-state index contributed by atoms with van der Waals surface area (Å²) in [4.78, 5) is 4.37. The fraction of sp³-hybridized carbons (Fsp3) is 0.118. The van der Waals surface area contributed by atoms with Crippen LogP contribution in [0, 0.1) is 13.8 Å². The van der Waals surface area contributed by atoms with E-state index in [0.29, 0.717) is 5.69 Å². The number of benzene rings is 2. The van der Waals surface area contributed by atoms with E-state index in [1.54, 1.807) is 6.20 Å². The van der Waals surface area contributed by atoms with Gasteiger partial charge in [-0.15, -0.1) is 0 Å². The molecule has 0 fully saturated rings. The summed E-state index contributed by atoms with van der Waals surface area (Å²) in [6.45, 7) is 4.19. The van der Waals surface area contributed by atoms with Crippen LogP contribution in [-0.4, -0.2) is 4.98 Å². The van der Waals surface area contributed by atoms with E-state index in [0.717, 1.165) is 26.8 Å². The predicted molar refractivity (Wildman–Crippen MR) is 93.1 cm³/mol. The molecule has 1 aromatic heterocycles. The molecule has 0 atom stereocenters. The average molecular weight is 342 g/mol. The van der Waals surface area contributed by atoms with Gasteiger partial charge in [0.05, 0.1) is 11.2 Å². The van der Waals surface area contributed by atoms with Gasteiger partial charge in [-0.05, 0) is 61.4 Å². The molecule has 106 valence electrons. The van der Waals surface area contributed by atoms with Crippen molar-refractivity contribution in [1.29, 1.82) is 0 Å². The van der Waals surface area contributed by atoms with E-state index in [2.05, 4.69) is 52.2 Å². The molecule has 0 saturated heterocycles. The van der Waals surface area contributed by atoms with E-state index in [9.17, 15) is 0 Å². The molecule has 0 unspecified atom stereocenters. The molecule has 0 amide bonds. The highest BCUT2D eigenvalue weighted by atomic mass is 79.9. The Bertz CT molecular complexity index is 804. The zero-order valence-electron chi connectivity index (χ0n) is 11.9. The summed E-state index contributed by atoms with van der Waals surface area (Å²) in [5, 5.41) is 4.55. The van der Waals surface area contributed by atoms with E-state index in [-0.39, 0.29) is 0 Å². The second-order valence-electron chi connectivity index (χ2n) is 5.14. The highest BCUT2D eigenvalue weighted by Crippen LogP contribution is 2.32. The summed E-state index contributed by atoms with van der Waals surface area (Å²) in [5.41, 5.74) is 12.0. The fourth-order valence-corrected chi connectivity index (χ4v) is 3.23. The lowest BCUT2D eigenvalue weighted by atomic mass is 10.1. The van der Waals surface area contributed by atoms with Crippen molar-refractivity contribution in [3.63, 3.8) is 0 Å². The summed E-state index contributed by atoms with van der Waals surface area (Å²) in [7, 11) is 0. The molecule has 3 nitrogen and oxygen atoms in total. The van der Waals surface area contributed by atoms with Gasteiger partial charge in [0, 0.05) is 27.4 Å². The predicted octanol–water partition coefficient (Wildman–Crippen LogP) is 4.94. The number of halogens is 1. The van der Waals surface area contributed by atoms with Crippen LogP contribution in [0.1, 0.15) is 11.1 Å². The van der Waals surface area contributed by atoms with Gasteiger partial charge >= 0.3 is 0 Å². The van der Waals surface area contributed by atoms with E-state index in [1.165, 1.54) is 11.1 Å². The molecule has 0 bridgehead atoms. The Balaban J connectivity index is 2.13. The van der Waals surface area contributed by atoms with Crippen LogP contribution in [0.15, 0.2) is 47.1 Å². The molecule has 0 saturated carbocycles. The average Bonchev–Trinajstić information content (AvgIpc) is 2.45. The van der Waals surface area contributed by atoms with E-state index < -0.39 is 0 Å². The van der Waals surface area contributed by atoms with Crippen molar-refractivity contribution >= 4 is 43.9 Å². The molecule has 21 heavy (non-hydrogen) atoms. The number of fused-ring (bicyclic) bond motifs is 1. The van der Waals surface area contributed by atoms with Crippen LogP contribution in [-0.2, 0) is 0 Å². The first-order chi connectivity index (χ1) is 10.1. The minimum absolute atomic E-state index is 0.695. The van der Waals surface area contributed by atoms with Gasteiger partial charge in [-0.1, -0.05) is 15.9 Å². The first-order valence-electron chi connectivity index (χ1n) is 6.73. The Morgan fingerprint density at radius 1 is 1.10 bits per heavy atom. The standard InChI is InChI=1S/C17H16BrN3/c1-10-8-12(18)9-11(2)16(10)21-15-6-5-14(19)17-13(15)4-3-7-20-17/h3-9,21H,19H2,1-2H3. The molecule has 0 aliphatic heterocycles. The third-order valence-corrected chi connectivity index (χ3v) is 4.02. The Hall–Kier alpha value is -2.07. The van der Waals surface area contributed by atoms with Gasteiger partial charge in [0.1, 0.15) is 0 Å². The third kappa shape index (κ3) is 2.59. The Morgan fingerprint density at radius 2 is 1.81 bits per heavy atom. The van der Waals surface area contributed by atoms with Crippen molar-refractivity contribution in [1.82, 2.24) is 4.98 Å². The van der Waals surface area contributed by atoms with E-state index in [1.807, 2.05) is 24.3 Å². The second kappa shape index (κ2) is 5.37. The molecule has 0 spiro atoms. The number of nitrogens with one attached hydrogen (secondary N) is 1. The summed E-state index contributed by atoms with van der Waals surface area (Å²) in [6.07, 6.45) is 1.76. The number of nitrogens with zero attached hydrogens (tertiary/aromatic N) is 1. The maximum absolute atomic E-state index is 6.00. The molecule has 2 aromatic carbocycles. The maximum atomic E-state index is 6.00. The minimum Gasteiger partial charge on any atom is -0.397 e. The van der Waals surface area contributed by atoms with Crippen molar-refractivity contribution in [2.45, 2.75) is 13.8 Å². The number of hydrogen-bond acceptors (Lipinski definition) is 3. The number of pyridine rings is 1. The number of aromatic nitrogens is 1. The van der Waals surface area contributed by atoms with Crippen LogP contribution in [0.25, 0.3) is 10.9 Å². The molecule has 0 radical (unpaired) electrons. The smallest absolute Gasteiger partial charge is 0.0951 e. The molecule has 3 N–H and O–H groups in total. The lowest BCUT2D eigenvalue weighted by molar-refractivity contribution is 1.34. The van der Waals surface area contributed by atoms with Crippen LogP contribution < -0.4 is 11.1 Å². The van der Waals surface area contributed by atoms with Gasteiger partial charge in [0.2, 0.25) is 0 Å². The molecule has 1 heterocycles. The third-order valence-electron chi connectivity index (χ3n) is 3.56. The van der Waals surface area contributed by atoms with Crippen LogP contribution in [0.2, 0.25) is 0 Å². The van der Waals surface area contributed by atoms with Crippen molar-refractivity contribution in [2.75, 3.05) is 11.1 Å². The van der Waals surface area contributed by atoms with Crippen LogP contribution in [0.3, 0.4) is 0 Å². The highest BCUT2D eigenvalue weighted by Gasteiger charge is 2.09. The van der Waals surface area contributed by atoms with Crippen LogP contribution in [0.4, 0.5) is 17.1 Å². The summed E-state index contributed by atoms with van der Waals surface area (Å²) >= 11 is 3.53. The molecular formula is C17H16BrN3. The molecule has 0 aliphatic rings. The quantitative estimate of drug-likeness (QED) is 0.649. The number of nitrogens with two attached hydrogens (primary N) is 1. The molecule has 3 aromatic rings. The van der Waals surface area contributed by atoms with Gasteiger partial charge < -0.3 is 11.1 Å². The molecule has 0 aliphatic carbocycles. The number of hydrogen-bond donors (Lipinski definition) is 2. The van der Waals surface area contributed by atoms with Crippen molar-refractivity contribution < 1.29 is 0 Å². The Kier molecular flexibility index (Phi) is 3.55.